The minimum absolute atomic E-state index is 0.0882. The third-order valence-electron chi connectivity index (χ3n) is 5.06. The predicted molar refractivity (Wildman–Crippen MR) is 119 cm³/mol. The third-order valence-corrected chi connectivity index (χ3v) is 5.06. The van der Waals surface area contributed by atoms with Crippen LogP contribution in [0.25, 0.3) is 6.08 Å². The van der Waals surface area contributed by atoms with Crippen molar-refractivity contribution in [3.05, 3.63) is 115 Å². The zero-order valence-corrected chi connectivity index (χ0v) is 16.4. The van der Waals surface area contributed by atoms with Gasteiger partial charge < -0.3 is 0 Å². The number of non-ortho nitro benzene ring substituents is 1. The van der Waals surface area contributed by atoms with E-state index in [1.807, 2.05) is 54.6 Å². The number of nitro groups is 2. The second-order valence-corrected chi connectivity index (χ2v) is 7.03. The van der Waals surface area contributed by atoms with Gasteiger partial charge in [-0.05, 0) is 41.7 Å². The lowest BCUT2D eigenvalue weighted by atomic mass is 9.85. The van der Waals surface area contributed by atoms with Gasteiger partial charge in [0.1, 0.15) is 5.69 Å². The Bertz CT molecular complexity index is 1220. The number of allylic oxidation sites excluding steroid dienone is 1. The summed E-state index contributed by atoms with van der Waals surface area (Å²) in [6.45, 7) is 0. The fourth-order valence-electron chi connectivity index (χ4n) is 3.55. The van der Waals surface area contributed by atoms with Crippen molar-refractivity contribution in [3.8, 4) is 0 Å². The molecule has 1 aliphatic carbocycles. The number of nitrogens with zero attached hydrogens (tertiary/aromatic N) is 3. The Morgan fingerprint density at radius 3 is 2.35 bits per heavy atom. The number of hydrazone groups is 1. The average Bonchev–Trinajstić information content (AvgIpc) is 2.78. The summed E-state index contributed by atoms with van der Waals surface area (Å²) < 4.78 is 0. The number of nitro benzene ring substituents is 2. The molecule has 4 rings (SSSR count). The van der Waals surface area contributed by atoms with Crippen molar-refractivity contribution in [2.45, 2.75) is 12.8 Å². The Morgan fingerprint density at radius 1 is 0.871 bits per heavy atom. The molecule has 8 heteroatoms. The molecule has 0 amide bonds. The first-order valence-corrected chi connectivity index (χ1v) is 9.64. The molecule has 3 aromatic rings. The van der Waals surface area contributed by atoms with Crippen molar-refractivity contribution in [3.63, 3.8) is 0 Å². The van der Waals surface area contributed by atoms with Crippen LogP contribution < -0.4 is 5.43 Å². The number of nitrogens with one attached hydrogen (secondary N) is 1. The number of fused-ring (bicyclic) bond motifs is 1. The van der Waals surface area contributed by atoms with E-state index in [1.165, 1.54) is 12.1 Å². The molecular weight excluding hydrogens is 396 g/mol. The molecule has 0 spiro atoms. The maximum absolute atomic E-state index is 11.4. The van der Waals surface area contributed by atoms with E-state index < -0.39 is 15.5 Å². The average molecular weight is 414 g/mol. The molecule has 0 aliphatic heterocycles. The summed E-state index contributed by atoms with van der Waals surface area (Å²) in [6.07, 6.45) is 3.70. The molecule has 1 N–H and O–H groups in total. The Morgan fingerprint density at radius 2 is 1.61 bits per heavy atom. The van der Waals surface area contributed by atoms with Crippen molar-refractivity contribution in [1.29, 1.82) is 0 Å². The van der Waals surface area contributed by atoms with Gasteiger partial charge in [-0.15, -0.1) is 0 Å². The van der Waals surface area contributed by atoms with Gasteiger partial charge in [0.05, 0.1) is 21.6 Å². The number of anilines is 1. The highest BCUT2D eigenvalue weighted by atomic mass is 16.6. The number of hydrogen-bond acceptors (Lipinski definition) is 6. The van der Waals surface area contributed by atoms with Crippen LogP contribution in [0.15, 0.2) is 83.5 Å². The molecule has 8 nitrogen and oxygen atoms in total. The molecule has 31 heavy (non-hydrogen) atoms. The van der Waals surface area contributed by atoms with Gasteiger partial charge in [-0.1, -0.05) is 54.6 Å². The molecule has 0 heterocycles. The van der Waals surface area contributed by atoms with E-state index >= 15 is 0 Å². The van der Waals surface area contributed by atoms with E-state index in [0.29, 0.717) is 5.71 Å². The molecular formula is C23H18N4O4. The fraction of sp³-hybridized carbons (Fsp3) is 0.0870. The summed E-state index contributed by atoms with van der Waals surface area (Å²) >= 11 is 0. The van der Waals surface area contributed by atoms with Crippen molar-refractivity contribution in [2.75, 3.05) is 5.43 Å². The minimum atomic E-state index is -0.666. The quantitative estimate of drug-likeness (QED) is 0.447. The van der Waals surface area contributed by atoms with Crippen LogP contribution in [0.4, 0.5) is 17.1 Å². The van der Waals surface area contributed by atoms with Crippen molar-refractivity contribution >= 4 is 28.8 Å². The highest BCUT2D eigenvalue weighted by molar-refractivity contribution is 6.17. The Labute approximate surface area is 177 Å². The van der Waals surface area contributed by atoms with Gasteiger partial charge in [0.2, 0.25) is 0 Å². The summed E-state index contributed by atoms with van der Waals surface area (Å²) in [5, 5.41) is 26.9. The zero-order valence-electron chi connectivity index (χ0n) is 16.4. The summed E-state index contributed by atoms with van der Waals surface area (Å²) in [5.74, 6) is 0. The highest BCUT2D eigenvalue weighted by Gasteiger charge is 2.22. The molecule has 0 fully saturated rings. The molecule has 0 saturated carbocycles. The maximum Gasteiger partial charge on any atom is 0.301 e. The third kappa shape index (κ3) is 4.32. The van der Waals surface area contributed by atoms with E-state index in [2.05, 4.69) is 16.6 Å². The number of aryl methyl sites for hydroxylation is 1. The van der Waals surface area contributed by atoms with Crippen LogP contribution in [0.1, 0.15) is 23.1 Å². The summed E-state index contributed by atoms with van der Waals surface area (Å²) in [4.78, 5) is 21.1. The van der Waals surface area contributed by atoms with E-state index in [9.17, 15) is 20.2 Å². The molecule has 0 unspecified atom stereocenters. The maximum atomic E-state index is 11.4. The molecule has 0 radical (unpaired) electrons. The van der Waals surface area contributed by atoms with Gasteiger partial charge in [-0.3, -0.25) is 25.7 Å². The van der Waals surface area contributed by atoms with E-state index in [1.54, 1.807) is 0 Å². The summed E-state index contributed by atoms with van der Waals surface area (Å²) in [5.41, 5.74) is 6.93. The smallest absolute Gasteiger partial charge is 0.271 e. The number of benzene rings is 3. The molecule has 154 valence electrons. The first-order valence-electron chi connectivity index (χ1n) is 9.64. The highest BCUT2D eigenvalue weighted by Crippen LogP contribution is 2.31. The van der Waals surface area contributed by atoms with Crippen LogP contribution >= 0.6 is 0 Å². The van der Waals surface area contributed by atoms with E-state index in [0.717, 1.165) is 41.2 Å². The first-order chi connectivity index (χ1) is 15.0. The van der Waals surface area contributed by atoms with Gasteiger partial charge in [-0.2, -0.15) is 5.10 Å². The van der Waals surface area contributed by atoms with E-state index in [-0.39, 0.29) is 11.4 Å². The first kappa shape index (κ1) is 20.0. The monoisotopic (exact) mass is 414 g/mol. The molecule has 0 atom stereocenters. The molecule has 3 aromatic carbocycles. The zero-order chi connectivity index (χ0) is 21.8. The van der Waals surface area contributed by atoms with Crippen LogP contribution in [0, 0.1) is 20.2 Å². The van der Waals surface area contributed by atoms with Crippen LogP contribution in [0.5, 0.6) is 0 Å². The summed E-state index contributed by atoms with van der Waals surface area (Å²) in [7, 11) is 0. The van der Waals surface area contributed by atoms with Crippen molar-refractivity contribution < 1.29 is 9.85 Å². The Balaban J connectivity index is 1.77. The minimum Gasteiger partial charge on any atom is -0.271 e. The van der Waals surface area contributed by atoms with Crippen LogP contribution in [0.3, 0.4) is 0 Å². The van der Waals surface area contributed by atoms with Gasteiger partial charge in [0, 0.05) is 11.6 Å². The molecule has 1 aliphatic rings. The van der Waals surface area contributed by atoms with Crippen LogP contribution in [-0.4, -0.2) is 15.6 Å². The second kappa shape index (κ2) is 8.58. The molecule has 0 aromatic heterocycles. The Kier molecular flexibility index (Phi) is 5.53. The lowest BCUT2D eigenvalue weighted by Crippen LogP contribution is -2.17. The van der Waals surface area contributed by atoms with E-state index in [4.69, 9.17) is 0 Å². The van der Waals surface area contributed by atoms with Gasteiger partial charge in [0.25, 0.3) is 5.69 Å². The number of rotatable bonds is 5. The van der Waals surface area contributed by atoms with Gasteiger partial charge >= 0.3 is 5.69 Å². The topological polar surface area (TPSA) is 111 Å². The lowest BCUT2D eigenvalue weighted by Gasteiger charge is -2.21. The second-order valence-electron chi connectivity index (χ2n) is 7.03. The van der Waals surface area contributed by atoms with Crippen LogP contribution in [0.2, 0.25) is 0 Å². The van der Waals surface area contributed by atoms with Crippen molar-refractivity contribution in [1.82, 2.24) is 0 Å². The lowest BCUT2D eigenvalue weighted by molar-refractivity contribution is -0.393. The predicted octanol–water partition coefficient (Wildman–Crippen LogP) is 5.35. The van der Waals surface area contributed by atoms with Gasteiger partial charge in [0.15, 0.2) is 0 Å². The van der Waals surface area contributed by atoms with Gasteiger partial charge in [-0.25, -0.2) is 0 Å². The molecule has 0 saturated heterocycles. The van der Waals surface area contributed by atoms with Crippen LogP contribution in [-0.2, 0) is 6.42 Å². The standard InChI is InChI=1S/C23H18N4O4/c28-26(29)19-12-13-21(22(15-19)27(30)31)24-25-23-18(14-16-6-2-1-3-7-16)11-10-17-8-4-5-9-20(17)23/h1-9,12-15,24H,10-11H2. The fourth-order valence-corrected chi connectivity index (χ4v) is 3.55. The normalized spacial score (nSPS) is 15.5. The summed E-state index contributed by atoms with van der Waals surface area (Å²) in [6, 6.07) is 21.2. The largest absolute Gasteiger partial charge is 0.301 e. The SMILES string of the molecule is O=[N+]([O-])c1ccc(NN=C2C(=Cc3ccccc3)CCc3ccccc32)c([N+](=O)[O-])c1. The number of hydrogen-bond donors (Lipinski definition) is 1. The Hall–Kier alpha value is -4.33. The molecule has 0 bridgehead atoms. The van der Waals surface area contributed by atoms with Crippen molar-refractivity contribution in [2.24, 2.45) is 5.10 Å².